The molecule has 0 radical (unpaired) electrons. The summed E-state index contributed by atoms with van der Waals surface area (Å²) in [5.41, 5.74) is 5.43. The standard InChI is InChI=1S/C29H32Cl2FN3.C3H8/c1-19(15-22-9-12-26(32)13-10-22)24-16-28(21(3)33-20(2)23-7-5-4-6-8-23)34-35(18-24)29-14-11-25(30)17-27(29)31;1-3-2/h9-17,20,23,33H,3-8,18H2,1-2H3;3H2,1-2H3/b19-15+;/t20-;/m0./s1. The zero-order valence-electron chi connectivity index (χ0n) is 23.0. The predicted molar refractivity (Wildman–Crippen MR) is 164 cm³/mol. The Labute approximate surface area is 238 Å². The Morgan fingerprint density at radius 1 is 1.13 bits per heavy atom. The molecule has 3 nitrogen and oxygen atoms in total. The Balaban J connectivity index is 0.00000127. The third-order valence-corrected chi connectivity index (χ3v) is 7.41. The summed E-state index contributed by atoms with van der Waals surface area (Å²) in [5, 5.41) is 11.5. The van der Waals surface area contributed by atoms with E-state index in [0.717, 1.165) is 33.8 Å². The highest BCUT2D eigenvalue weighted by Crippen LogP contribution is 2.33. The predicted octanol–water partition coefficient (Wildman–Crippen LogP) is 9.83. The van der Waals surface area contributed by atoms with E-state index in [2.05, 4.69) is 51.7 Å². The Morgan fingerprint density at radius 2 is 1.79 bits per heavy atom. The molecule has 1 aliphatic carbocycles. The van der Waals surface area contributed by atoms with E-state index in [0.29, 0.717) is 28.5 Å². The van der Waals surface area contributed by atoms with Gasteiger partial charge in [0.05, 0.1) is 23.0 Å². The highest BCUT2D eigenvalue weighted by Gasteiger charge is 2.24. The highest BCUT2D eigenvalue weighted by molar-refractivity contribution is 6.36. The second-order valence-corrected chi connectivity index (χ2v) is 11.0. The van der Waals surface area contributed by atoms with Crippen LogP contribution in [-0.4, -0.2) is 18.3 Å². The Bertz CT molecular complexity index is 1180. The molecule has 2 aliphatic rings. The summed E-state index contributed by atoms with van der Waals surface area (Å²) in [6, 6.07) is 12.2. The maximum atomic E-state index is 13.4. The van der Waals surface area contributed by atoms with E-state index in [-0.39, 0.29) is 5.82 Å². The zero-order chi connectivity index (χ0) is 27.7. The van der Waals surface area contributed by atoms with Gasteiger partial charge in [0.1, 0.15) is 11.5 Å². The van der Waals surface area contributed by atoms with Crippen molar-refractivity contribution in [1.29, 1.82) is 0 Å². The maximum Gasteiger partial charge on any atom is 0.123 e. The number of allylic oxidation sites excluding steroid dienone is 1. The van der Waals surface area contributed by atoms with E-state index in [1.165, 1.54) is 50.7 Å². The van der Waals surface area contributed by atoms with Crippen LogP contribution in [0.1, 0.15) is 71.8 Å². The first kappa shape index (κ1) is 30.0. The van der Waals surface area contributed by atoms with Crippen LogP contribution >= 0.6 is 23.2 Å². The van der Waals surface area contributed by atoms with Crippen LogP contribution in [0.5, 0.6) is 0 Å². The van der Waals surface area contributed by atoms with Gasteiger partial charge in [0.15, 0.2) is 0 Å². The van der Waals surface area contributed by atoms with E-state index < -0.39 is 0 Å². The molecule has 0 aromatic heterocycles. The van der Waals surface area contributed by atoms with E-state index in [4.69, 9.17) is 28.3 Å². The van der Waals surface area contributed by atoms with E-state index in [1.807, 2.05) is 17.1 Å². The summed E-state index contributed by atoms with van der Waals surface area (Å²) in [5.74, 6) is 0.402. The molecule has 0 bridgehead atoms. The number of nitrogens with zero attached hydrogens (tertiary/aromatic N) is 2. The van der Waals surface area contributed by atoms with Gasteiger partial charge in [-0.2, -0.15) is 5.10 Å². The summed E-state index contributed by atoms with van der Waals surface area (Å²) < 4.78 is 13.4. The van der Waals surface area contributed by atoms with Crippen LogP contribution in [-0.2, 0) is 0 Å². The molecule has 2 aromatic carbocycles. The largest absolute Gasteiger partial charge is 0.381 e. The van der Waals surface area contributed by atoms with Crippen LogP contribution in [0.4, 0.5) is 10.1 Å². The molecule has 1 saturated carbocycles. The molecule has 1 N–H and O–H groups in total. The molecule has 0 amide bonds. The highest BCUT2D eigenvalue weighted by atomic mass is 35.5. The fourth-order valence-corrected chi connectivity index (χ4v) is 5.29. The number of anilines is 1. The number of hydrazone groups is 1. The molecular weight excluding hydrogens is 516 g/mol. The average molecular weight is 557 g/mol. The van der Waals surface area contributed by atoms with Gasteiger partial charge in [-0.3, -0.25) is 5.01 Å². The van der Waals surface area contributed by atoms with Crippen LogP contribution < -0.4 is 10.3 Å². The Hall–Kier alpha value is -2.56. The second kappa shape index (κ2) is 14.6. The summed E-state index contributed by atoms with van der Waals surface area (Å²) in [6.07, 6.45) is 11.8. The maximum absolute atomic E-state index is 13.4. The van der Waals surface area contributed by atoms with Gasteiger partial charge >= 0.3 is 0 Å². The van der Waals surface area contributed by atoms with Crippen molar-refractivity contribution in [1.82, 2.24) is 5.32 Å². The Morgan fingerprint density at radius 3 is 2.42 bits per heavy atom. The number of hydrogen-bond acceptors (Lipinski definition) is 3. The molecule has 204 valence electrons. The second-order valence-electron chi connectivity index (χ2n) is 10.2. The molecule has 1 aliphatic heterocycles. The van der Waals surface area contributed by atoms with Crippen LogP contribution in [0.2, 0.25) is 10.0 Å². The molecule has 2 aromatic rings. The summed E-state index contributed by atoms with van der Waals surface area (Å²) in [4.78, 5) is 0. The molecule has 38 heavy (non-hydrogen) atoms. The lowest BCUT2D eigenvalue weighted by atomic mass is 9.84. The third-order valence-electron chi connectivity index (χ3n) is 6.88. The van der Waals surface area contributed by atoms with Gasteiger partial charge in [-0.05, 0) is 85.7 Å². The van der Waals surface area contributed by atoms with Gasteiger partial charge in [-0.1, -0.05) is 87.5 Å². The molecule has 1 fully saturated rings. The third kappa shape index (κ3) is 8.47. The van der Waals surface area contributed by atoms with Crippen LogP contribution in [0, 0.1) is 11.7 Å². The first-order valence-electron chi connectivity index (χ1n) is 13.6. The summed E-state index contributed by atoms with van der Waals surface area (Å²) in [7, 11) is 0. The van der Waals surface area contributed by atoms with Crippen molar-refractivity contribution < 1.29 is 4.39 Å². The molecular formula is C32H40Cl2FN3. The minimum atomic E-state index is -0.246. The van der Waals surface area contributed by atoms with E-state index in [1.54, 1.807) is 18.2 Å². The fourth-order valence-electron chi connectivity index (χ4n) is 4.78. The molecule has 1 heterocycles. The van der Waals surface area contributed by atoms with Gasteiger partial charge in [0.2, 0.25) is 0 Å². The monoisotopic (exact) mass is 555 g/mol. The van der Waals surface area contributed by atoms with Crippen molar-refractivity contribution in [2.24, 2.45) is 11.0 Å². The van der Waals surface area contributed by atoms with Crippen molar-refractivity contribution in [2.45, 2.75) is 72.3 Å². The van der Waals surface area contributed by atoms with Crippen molar-refractivity contribution in [3.63, 3.8) is 0 Å². The van der Waals surface area contributed by atoms with E-state index >= 15 is 0 Å². The molecule has 6 heteroatoms. The van der Waals surface area contributed by atoms with Crippen LogP contribution in [0.3, 0.4) is 0 Å². The summed E-state index contributed by atoms with van der Waals surface area (Å²) >= 11 is 12.7. The van der Waals surface area contributed by atoms with Crippen LogP contribution in [0.25, 0.3) is 6.08 Å². The molecule has 0 spiro atoms. The number of hydrogen-bond donors (Lipinski definition) is 1. The molecule has 4 rings (SSSR count). The van der Waals surface area contributed by atoms with Crippen LogP contribution in [0.15, 0.2) is 77.1 Å². The van der Waals surface area contributed by atoms with Crippen molar-refractivity contribution in [3.05, 3.63) is 93.4 Å². The number of benzene rings is 2. The normalized spacial score (nSPS) is 17.1. The number of nitrogens with one attached hydrogen (secondary N) is 1. The molecule has 1 atom stereocenters. The minimum Gasteiger partial charge on any atom is -0.381 e. The van der Waals surface area contributed by atoms with Gasteiger partial charge in [0, 0.05) is 11.1 Å². The van der Waals surface area contributed by atoms with Crippen molar-refractivity contribution >= 4 is 40.7 Å². The topological polar surface area (TPSA) is 27.6 Å². The van der Waals surface area contributed by atoms with E-state index in [9.17, 15) is 4.39 Å². The lowest BCUT2D eigenvalue weighted by molar-refractivity contribution is 0.295. The van der Waals surface area contributed by atoms with Gasteiger partial charge in [0.25, 0.3) is 0 Å². The average Bonchev–Trinajstić information content (AvgIpc) is 2.90. The molecule has 0 unspecified atom stereocenters. The lowest BCUT2D eigenvalue weighted by Crippen LogP contribution is -2.37. The SMILES string of the molecule is C=C(N[C@@H](C)C1CCCCC1)C1=NN(c2ccc(Cl)cc2Cl)CC(/C(C)=C/c2ccc(F)cc2)=C1.CCC. The van der Waals surface area contributed by atoms with Gasteiger partial charge < -0.3 is 5.32 Å². The molecule has 0 saturated heterocycles. The van der Waals surface area contributed by atoms with Crippen molar-refractivity contribution in [2.75, 3.05) is 11.6 Å². The summed E-state index contributed by atoms with van der Waals surface area (Å²) in [6.45, 7) is 13.4. The quantitative estimate of drug-likeness (QED) is 0.368. The Kier molecular flexibility index (Phi) is 11.5. The van der Waals surface area contributed by atoms with Crippen molar-refractivity contribution in [3.8, 4) is 0 Å². The lowest BCUT2D eigenvalue weighted by Gasteiger charge is -2.31. The number of rotatable bonds is 7. The zero-order valence-corrected chi connectivity index (χ0v) is 24.5. The smallest absolute Gasteiger partial charge is 0.123 e. The van der Waals surface area contributed by atoms with Gasteiger partial charge in [-0.15, -0.1) is 0 Å². The first-order valence-corrected chi connectivity index (χ1v) is 14.4. The number of halogens is 3. The fraction of sp³-hybridized carbons (Fsp3) is 0.406. The minimum absolute atomic E-state index is 0.246. The van der Waals surface area contributed by atoms with Gasteiger partial charge in [-0.25, -0.2) is 4.39 Å². The first-order chi connectivity index (χ1) is 18.2.